The van der Waals surface area contributed by atoms with Crippen molar-refractivity contribution in [2.75, 3.05) is 0 Å². The lowest BCUT2D eigenvalue weighted by Crippen LogP contribution is -2.11. The first-order chi connectivity index (χ1) is 5.47. The molecule has 0 amide bonds. The molecule has 0 aliphatic rings. The van der Waals surface area contributed by atoms with Gasteiger partial charge in [-0.15, -0.1) is 12.6 Å². The average molecular weight is 192 g/mol. The Labute approximate surface area is 73.8 Å². The number of benzene rings is 1. The molecule has 1 aromatic carbocycles. The van der Waals surface area contributed by atoms with Crippen LogP contribution in [0.4, 0.5) is 13.2 Å². The van der Waals surface area contributed by atoms with E-state index in [1.807, 2.05) is 0 Å². The Morgan fingerprint density at radius 2 is 1.58 bits per heavy atom. The number of thiol groups is 1. The fraction of sp³-hybridized carbons (Fsp3) is 0.250. The zero-order valence-corrected chi connectivity index (χ0v) is 6.99. The fourth-order valence-corrected chi connectivity index (χ4v) is 0.994. The van der Waals surface area contributed by atoms with E-state index in [2.05, 4.69) is 12.6 Å². The van der Waals surface area contributed by atoms with Crippen LogP contribution in [0.5, 0.6) is 0 Å². The van der Waals surface area contributed by atoms with Crippen LogP contribution in [-0.2, 0) is 6.42 Å². The minimum Gasteiger partial charge on any atom is -0.171 e. The van der Waals surface area contributed by atoms with E-state index in [4.69, 9.17) is 0 Å². The average Bonchev–Trinajstić information content (AvgIpc) is 1.91. The third-order valence-electron chi connectivity index (χ3n) is 1.34. The highest BCUT2D eigenvalue weighted by atomic mass is 32.1. The first kappa shape index (κ1) is 9.45. The van der Waals surface area contributed by atoms with E-state index in [0.717, 1.165) is 0 Å². The summed E-state index contributed by atoms with van der Waals surface area (Å²) in [5.41, 5.74) is 0.264. The number of halogens is 3. The Morgan fingerprint density at radius 1 is 1.08 bits per heavy atom. The van der Waals surface area contributed by atoms with Gasteiger partial charge in [0.1, 0.15) is 0 Å². The largest absolute Gasteiger partial charge is 0.393 e. The van der Waals surface area contributed by atoms with Crippen molar-refractivity contribution < 1.29 is 13.2 Å². The zero-order chi connectivity index (χ0) is 9.19. The van der Waals surface area contributed by atoms with Gasteiger partial charge in [0.2, 0.25) is 0 Å². The Kier molecular flexibility index (Phi) is 2.67. The molecular weight excluding hydrogens is 185 g/mol. The molecule has 0 bridgehead atoms. The van der Waals surface area contributed by atoms with Crippen molar-refractivity contribution in [3.8, 4) is 0 Å². The predicted molar refractivity (Wildman–Crippen MR) is 43.5 cm³/mol. The third kappa shape index (κ3) is 3.17. The molecule has 0 saturated carbocycles. The smallest absolute Gasteiger partial charge is 0.171 e. The minimum absolute atomic E-state index is 0.264. The Morgan fingerprint density at radius 3 is 2.00 bits per heavy atom. The second kappa shape index (κ2) is 3.39. The van der Waals surface area contributed by atoms with Gasteiger partial charge in [-0.2, -0.15) is 13.2 Å². The van der Waals surface area contributed by atoms with E-state index in [1.165, 1.54) is 12.1 Å². The molecule has 12 heavy (non-hydrogen) atoms. The first-order valence-electron chi connectivity index (χ1n) is 3.32. The summed E-state index contributed by atoms with van der Waals surface area (Å²) >= 11 is 3.96. The van der Waals surface area contributed by atoms with E-state index >= 15 is 0 Å². The van der Waals surface area contributed by atoms with Gasteiger partial charge in [-0.1, -0.05) is 12.1 Å². The molecule has 0 heterocycles. The normalized spacial score (nSPS) is 11.7. The highest BCUT2D eigenvalue weighted by Gasteiger charge is 2.27. The molecule has 0 radical (unpaired) electrons. The quantitative estimate of drug-likeness (QED) is 0.649. The van der Waals surface area contributed by atoms with Crippen LogP contribution in [0.15, 0.2) is 29.2 Å². The lowest BCUT2D eigenvalue weighted by Gasteiger charge is -2.05. The molecule has 0 spiro atoms. The molecule has 0 atom stereocenters. The molecule has 0 aliphatic heterocycles. The standard InChI is InChI=1S/C8H7F3S/c9-8(10,11)5-6-1-3-7(12)4-2-6/h1-4,12H,5H2. The molecule has 1 rings (SSSR count). The van der Waals surface area contributed by atoms with Crippen molar-refractivity contribution >= 4 is 12.6 Å². The Hall–Kier alpha value is -0.640. The van der Waals surface area contributed by atoms with Crippen LogP contribution in [-0.4, -0.2) is 6.18 Å². The predicted octanol–water partition coefficient (Wildman–Crippen LogP) is 3.08. The summed E-state index contributed by atoms with van der Waals surface area (Å²) in [7, 11) is 0. The van der Waals surface area contributed by atoms with E-state index in [9.17, 15) is 13.2 Å². The van der Waals surface area contributed by atoms with Gasteiger partial charge < -0.3 is 0 Å². The molecule has 66 valence electrons. The summed E-state index contributed by atoms with van der Waals surface area (Å²) in [6.45, 7) is 0. The molecule has 0 aliphatic carbocycles. The first-order valence-corrected chi connectivity index (χ1v) is 3.77. The summed E-state index contributed by atoms with van der Waals surface area (Å²) in [6.07, 6.45) is -5.00. The molecular formula is C8H7F3S. The molecule has 0 aromatic heterocycles. The lowest BCUT2D eigenvalue weighted by molar-refractivity contribution is -0.127. The second-order valence-corrected chi connectivity index (χ2v) is 2.97. The van der Waals surface area contributed by atoms with Crippen LogP contribution >= 0.6 is 12.6 Å². The number of rotatable bonds is 1. The highest BCUT2D eigenvalue weighted by Crippen LogP contribution is 2.21. The van der Waals surface area contributed by atoms with E-state index in [0.29, 0.717) is 4.90 Å². The Bertz CT molecular complexity index is 250. The number of alkyl halides is 3. The van der Waals surface area contributed by atoms with Crippen molar-refractivity contribution in [2.45, 2.75) is 17.5 Å². The minimum atomic E-state index is -4.13. The molecule has 0 saturated heterocycles. The van der Waals surface area contributed by atoms with Gasteiger partial charge in [-0.05, 0) is 17.7 Å². The van der Waals surface area contributed by atoms with Crippen LogP contribution in [0.2, 0.25) is 0 Å². The van der Waals surface area contributed by atoms with Crippen LogP contribution < -0.4 is 0 Å². The third-order valence-corrected chi connectivity index (χ3v) is 1.64. The maximum Gasteiger partial charge on any atom is 0.393 e. The van der Waals surface area contributed by atoms with Gasteiger partial charge in [0.05, 0.1) is 6.42 Å². The van der Waals surface area contributed by atoms with Gasteiger partial charge in [-0.3, -0.25) is 0 Å². The van der Waals surface area contributed by atoms with Crippen LogP contribution in [0, 0.1) is 0 Å². The van der Waals surface area contributed by atoms with Crippen molar-refractivity contribution in [1.29, 1.82) is 0 Å². The molecule has 0 nitrogen and oxygen atoms in total. The molecule has 0 unspecified atom stereocenters. The maximum absolute atomic E-state index is 11.8. The molecule has 1 aromatic rings. The van der Waals surface area contributed by atoms with Crippen LogP contribution in [0.3, 0.4) is 0 Å². The van der Waals surface area contributed by atoms with Crippen molar-refractivity contribution in [2.24, 2.45) is 0 Å². The maximum atomic E-state index is 11.8. The van der Waals surface area contributed by atoms with Gasteiger partial charge in [-0.25, -0.2) is 0 Å². The SMILES string of the molecule is FC(F)(F)Cc1ccc(S)cc1. The van der Waals surface area contributed by atoms with Crippen molar-refractivity contribution in [1.82, 2.24) is 0 Å². The highest BCUT2D eigenvalue weighted by molar-refractivity contribution is 7.80. The van der Waals surface area contributed by atoms with Crippen molar-refractivity contribution in [3.63, 3.8) is 0 Å². The van der Waals surface area contributed by atoms with E-state index in [1.54, 1.807) is 12.1 Å². The van der Waals surface area contributed by atoms with Gasteiger partial charge >= 0.3 is 6.18 Å². The molecule has 4 heteroatoms. The van der Waals surface area contributed by atoms with Gasteiger partial charge in [0, 0.05) is 4.90 Å². The number of hydrogen-bond donors (Lipinski definition) is 1. The lowest BCUT2D eigenvalue weighted by atomic mass is 10.1. The summed E-state index contributed by atoms with van der Waals surface area (Å²) in [5, 5.41) is 0. The summed E-state index contributed by atoms with van der Waals surface area (Å²) < 4.78 is 35.5. The van der Waals surface area contributed by atoms with E-state index < -0.39 is 12.6 Å². The van der Waals surface area contributed by atoms with Crippen LogP contribution in [0.25, 0.3) is 0 Å². The zero-order valence-electron chi connectivity index (χ0n) is 6.10. The van der Waals surface area contributed by atoms with Crippen LogP contribution in [0.1, 0.15) is 5.56 Å². The summed E-state index contributed by atoms with van der Waals surface area (Å²) in [5.74, 6) is 0. The van der Waals surface area contributed by atoms with Gasteiger partial charge in [0.25, 0.3) is 0 Å². The molecule has 0 N–H and O–H groups in total. The second-order valence-electron chi connectivity index (χ2n) is 2.46. The van der Waals surface area contributed by atoms with Gasteiger partial charge in [0.15, 0.2) is 0 Å². The van der Waals surface area contributed by atoms with Crippen molar-refractivity contribution in [3.05, 3.63) is 29.8 Å². The Balaban J connectivity index is 2.71. The summed E-state index contributed by atoms with van der Waals surface area (Å²) in [6, 6.07) is 5.94. The topological polar surface area (TPSA) is 0 Å². The summed E-state index contributed by atoms with van der Waals surface area (Å²) in [4.78, 5) is 0.668. The fourth-order valence-electron chi connectivity index (χ4n) is 0.845. The number of hydrogen-bond acceptors (Lipinski definition) is 1. The monoisotopic (exact) mass is 192 g/mol. The van der Waals surface area contributed by atoms with E-state index in [-0.39, 0.29) is 5.56 Å². The molecule has 0 fully saturated rings.